The molecule has 1 aromatic heterocycles. The van der Waals surface area contributed by atoms with Crippen molar-refractivity contribution in [3.05, 3.63) is 24.3 Å². The van der Waals surface area contributed by atoms with Crippen molar-refractivity contribution in [2.45, 2.75) is 49.1 Å². The van der Waals surface area contributed by atoms with Crippen LogP contribution < -0.4 is 0 Å². The number of thioether (sulfide) groups is 3. The van der Waals surface area contributed by atoms with Crippen molar-refractivity contribution in [1.82, 2.24) is 4.98 Å². The number of benzene rings is 1. The summed E-state index contributed by atoms with van der Waals surface area (Å²) in [4.78, 5) is 16.7. The molecule has 7 heteroatoms. The molecule has 2 aromatic rings. The quantitative estimate of drug-likeness (QED) is 0.192. The Labute approximate surface area is 179 Å². The summed E-state index contributed by atoms with van der Waals surface area (Å²) < 4.78 is 7.66. The molecule has 0 aliphatic rings. The molecule has 0 aliphatic heterocycles. The second-order valence-corrected chi connectivity index (χ2v) is 11.0. The molecule has 1 unspecified atom stereocenters. The Morgan fingerprint density at radius 1 is 1.19 bits per heavy atom. The SMILES string of the molecule is CCCCSCC(COC(=O)CSc1nc2ccccc2s1)SCCCC. The molecule has 1 atom stereocenters. The van der Waals surface area contributed by atoms with E-state index in [0.717, 1.165) is 26.1 Å². The summed E-state index contributed by atoms with van der Waals surface area (Å²) in [5, 5.41) is 0.398. The lowest BCUT2D eigenvalue weighted by Gasteiger charge is -2.16. The van der Waals surface area contributed by atoms with Crippen LogP contribution in [0, 0.1) is 0 Å². The lowest BCUT2D eigenvalue weighted by atomic mass is 10.3. The van der Waals surface area contributed by atoms with Gasteiger partial charge in [-0.2, -0.15) is 23.5 Å². The van der Waals surface area contributed by atoms with E-state index in [1.165, 1.54) is 43.2 Å². The van der Waals surface area contributed by atoms with Crippen LogP contribution in [-0.4, -0.2) is 45.8 Å². The lowest BCUT2D eigenvalue weighted by molar-refractivity contribution is -0.140. The number of carbonyl (C=O) groups is 1. The highest BCUT2D eigenvalue weighted by atomic mass is 32.2. The number of para-hydroxylation sites is 1. The van der Waals surface area contributed by atoms with Gasteiger partial charge in [0, 0.05) is 11.0 Å². The largest absolute Gasteiger partial charge is 0.464 e. The lowest BCUT2D eigenvalue weighted by Crippen LogP contribution is -2.20. The minimum Gasteiger partial charge on any atom is -0.464 e. The first-order valence-corrected chi connectivity index (χ1v) is 13.6. The van der Waals surface area contributed by atoms with E-state index in [2.05, 4.69) is 24.9 Å². The molecule has 0 fully saturated rings. The number of unbranched alkanes of at least 4 members (excludes halogenated alkanes) is 2. The second-order valence-electron chi connectivity index (χ2n) is 6.19. The van der Waals surface area contributed by atoms with Crippen LogP contribution >= 0.6 is 46.6 Å². The standard InChI is InChI=1S/C20H29NO2S4/c1-3-5-11-24-14-16(25-12-6-4-2)13-23-19(22)15-26-20-21-17-9-7-8-10-18(17)27-20/h7-10,16H,3-6,11-15H2,1-2H3. The van der Waals surface area contributed by atoms with Crippen LogP contribution in [0.15, 0.2) is 28.6 Å². The highest BCUT2D eigenvalue weighted by molar-refractivity contribution is 8.03. The third-order valence-electron chi connectivity index (χ3n) is 3.82. The van der Waals surface area contributed by atoms with Crippen LogP contribution in [0.5, 0.6) is 0 Å². The normalized spacial score (nSPS) is 12.4. The number of thiazole rings is 1. The number of fused-ring (bicyclic) bond motifs is 1. The molecule has 0 N–H and O–H groups in total. The average molecular weight is 444 g/mol. The summed E-state index contributed by atoms with van der Waals surface area (Å²) in [6, 6.07) is 8.06. The van der Waals surface area contributed by atoms with E-state index in [1.54, 1.807) is 11.3 Å². The van der Waals surface area contributed by atoms with Crippen molar-refractivity contribution in [3.8, 4) is 0 Å². The van der Waals surface area contributed by atoms with Crippen LogP contribution in [0.25, 0.3) is 10.2 Å². The van der Waals surface area contributed by atoms with Crippen LogP contribution in [0.4, 0.5) is 0 Å². The Hall–Kier alpha value is -0.370. The molecule has 1 aromatic carbocycles. The van der Waals surface area contributed by atoms with Crippen molar-refractivity contribution in [2.75, 3.05) is 29.6 Å². The van der Waals surface area contributed by atoms with Gasteiger partial charge in [0.25, 0.3) is 0 Å². The van der Waals surface area contributed by atoms with E-state index >= 15 is 0 Å². The average Bonchev–Trinajstić information content (AvgIpc) is 3.10. The van der Waals surface area contributed by atoms with E-state index in [4.69, 9.17) is 4.74 Å². The number of hydrogen-bond donors (Lipinski definition) is 0. The van der Waals surface area contributed by atoms with Crippen LogP contribution in [0.2, 0.25) is 0 Å². The molecule has 0 radical (unpaired) electrons. The molecule has 0 bridgehead atoms. The summed E-state index contributed by atoms with van der Waals surface area (Å²) in [5.41, 5.74) is 0.995. The molecule has 0 amide bonds. The molecular formula is C20H29NO2S4. The van der Waals surface area contributed by atoms with E-state index in [1.807, 2.05) is 41.7 Å². The maximum Gasteiger partial charge on any atom is 0.316 e. The molecule has 0 saturated carbocycles. The number of hydrogen-bond acceptors (Lipinski definition) is 7. The molecule has 1 heterocycles. The summed E-state index contributed by atoms with van der Waals surface area (Å²) in [5.74, 6) is 3.59. The van der Waals surface area contributed by atoms with Crippen molar-refractivity contribution in [1.29, 1.82) is 0 Å². The van der Waals surface area contributed by atoms with Crippen LogP contribution in [0.1, 0.15) is 39.5 Å². The zero-order chi connectivity index (χ0) is 19.3. The van der Waals surface area contributed by atoms with E-state index in [0.29, 0.717) is 17.6 Å². The highest BCUT2D eigenvalue weighted by Gasteiger charge is 2.14. The Bertz CT molecular complexity index is 644. The molecule has 0 aliphatic carbocycles. The van der Waals surface area contributed by atoms with E-state index < -0.39 is 0 Å². The fourth-order valence-electron chi connectivity index (χ4n) is 2.26. The predicted octanol–water partition coefficient (Wildman–Crippen LogP) is 6.37. The third-order valence-corrected chi connectivity index (χ3v) is 8.69. The monoisotopic (exact) mass is 443 g/mol. The zero-order valence-corrected chi connectivity index (χ0v) is 19.4. The molecular weight excluding hydrogens is 414 g/mol. The fraction of sp³-hybridized carbons (Fsp3) is 0.600. The Morgan fingerprint density at radius 3 is 2.74 bits per heavy atom. The minimum absolute atomic E-state index is 0.140. The number of ether oxygens (including phenoxy) is 1. The first kappa shape index (κ1) is 22.9. The number of nitrogens with zero attached hydrogens (tertiary/aromatic N) is 1. The molecule has 27 heavy (non-hydrogen) atoms. The van der Waals surface area contributed by atoms with Crippen LogP contribution in [-0.2, 0) is 9.53 Å². The second kappa shape index (κ2) is 13.7. The Morgan fingerprint density at radius 2 is 1.96 bits per heavy atom. The topological polar surface area (TPSA) is 39.2 Å². The summed E-state index contributed by atoms with van der Waals surface area (Å²) in [7, 11) is 0. The van der Waals surface area contributed by atoms with Gasteiger partial charge < -0.3 is 4.74 Å². The third kappa shape index (κ3) is 9.11. The predicted molar refractivity (Wildman–Crippen MR) is 125 cm³/mol. The van der Waals surface area contributed by atoms with E-state index in [-0.39, 0.29) is 5.97 Å². The molecule has 150 valence electrons. The number of aromatic nitrogens is 1. The number of carbonyl (C=O) groups excluding carboxylic acids is 1. The minimum atomic E-state index is -0.140. The smallest absolute Gasteiger partial charge is 0.316 e. The van der Waals surface area contributed by atoms with Gasteiger partial charge in [-0.3, -0.25) is 4.79 Å². The van der Waals surface area contributed by atoms with Gasteiger partial charge in [-0.15, -0.1) is 11.3 Å². The van der Waals surface area contributed by atoms with Gasteiger partial charge in [0.1, 0.15) is 6.61 Å². The van der Waals surface area contributed by atoms with Gasteiger partial charge >= 0.3 is 5.97 Å². The number of rotatable bonds is 14. The molecule has 3 nitrogen and oxygen atoms in total. The first-order valence-electron chi connectivity index (χ1n) is 9.56. The summed E-state index contributed by atoms with van der Waals surface area (Å²) in [6.45, 7) is 4.95. The molecule has 0 saturated heterocycles. The molecule has 0 spiro atoms. The maximum absolute atomic E-state index is 12.2. The number of esters is 1. The van der Waals surface area contributed by atoms with Gasteiger partial charge in [0.2, 0.25) is 0 Å². The Kier molecular flexibility index (Phi) is 11.7. The first-order chi connectivity index (χ1) is 13.2. The van der Waals surface area contributed by atoms with Gasteiger partial charge in [0.05, 0.1) is 16.0 Å². The Balaban J connectivity index is 1.72. The van der Waals surface area contributed by atoms with Gasteiger partial charge in [-0.25, -0.2) is 4.98 Å². The van der Waals surface area contributed by atoms with Gasteiger partial charge in [-0.05, 0) is 36.5 Å². The van der Waals surface area contributed by atoms with Crippen LogP contribution in [0.3, 0.4) is 0 Å². The van der Waals surface area contributed by atoms with Gasteiger partial charge in [-0.1, -0.05) is 50.6 Å². The fourth-order valence-corrected chi connectivity index (χ4v) is 6.77. The highest BCUT2D eigenvalue weighted by Crippen LogP contribution is 2.29. The molecule has 2 rings (SSSR count). The summed E-state index contributed by atoms with van der Waals surface area (Å²) in [6.07, 6.45) is 4.93. The van der Waals surface area contributed by atoms with Crippen molar-refractivity contribution >= 4 is 62.8 Å². The van der Waals surface area contributed by atoms with E-state index in [9.17, 15) is 4.79 Å². The summed E-state index contributed by atoms with van der Waals surface area (Å²) >= 11 is 7.03. The van der Waals surface area contributed by atoms with Crippen molar-refractivity contribution < 1.29 is 9.53 Å². The van der Waals surface area contributed by atoms with Gasteiger partial charge in [0.15, 0.2) is 4.34 Å². The van der Waals surface area contributed by atoms with Crippen molar-refractivity contribution in [3.63, 3.8) is 0 Å². The maximum atomic E-state index is 12.2. The van der Waals surface area contributed by atoms with Crippen molar-refractivity contribution in [2.24, 2.45) is 0 Å². The zero-order valence-electron chi connectivity index (χ0n) is 16.1.